The van der Waals surface area contributed by atoms with Crippen molar-refractivity contribution in [1.82, 2.24) is 35.3 Å². The highest BCUT2D eigenvalue weighted by Gasteiger charge is 2.29. The Balaban J connectivity index is 1.55. The highest BCUT2D eigenvalue weighted by Crippen LogP contribution is 2.22. The van der Waals surface area contributed by atoms with Crippen LogP contribution in [0.2, 0.25) is 0 Å². The SMILES string of the molecule is CCc1nc(C2CN(C(=O)c3cnc4n[nH]c(C)c4c3)CCO2)n[nH]1. The average molecular weight is 341 g/mol. The number of hydrogen-bond acceptors (Lipinski definition) is 6. The molecule has 0 aromatic carbocycles. The largest absolute Gasteiger partial charge is 0.366 e. The number of aryl methyl sites for hydroxylation is 2. The van der Waals surface area contributed by atoms with Gasteiger partial charge in [0.1, 0.15) is 11.9 Å². The third-order valence-electron chi connectivity index (χ3n) is 4.37. The molecule has 0 spiro atoms. The zero-order valence-corrected chi connectivity index (χ0v) is 14.1. The molecule has 25 heavy (non-hydrogen) atoms. The number of rotatable bonds is 3. The zero-order valence-electron chi connectivity index (χ0n) is 14.1. The number of nitrogens with one attached hydrogen (secondary N) is 2. The molecule has 1 unspecified atom stereocenters. The number of carbonyl (C=O) groups is 1. The van der Waals surface area contributed by atoms with E-state index in [0.717, 1.165) is 23.3 Å². The normalized spacial score (nSPS) is 18.0. The van der Waals surface area contributed by atoms with Crippen molar-refractivity contribution in [2.24, 2.45) is 0 Å². The van der Waals surface area contributed by atoms with Gasteiger partial charge in [0.25, 0.3) is 5.91 Å². The first kappa shape index (κ1) is 15.7. The van der Waals surface area contributed by atoms with Gasteiger partial charge in [0.05, 0.1) is 18.7 Å². The van der Waals surface area contributed by atoms with Gasteiger partial charge in [-0.1, -0.05) is 6.92 Å². The molecule has 0 saturated carbocycles. The molecule has 1 aliphatic heterocycles. The number of pyridine rings is 1. The summed E-state index contributed by atoms with van der Waals surface area (Å²) in [6, 6.07) is 1.83. The fraction of sp³-hybridized carbons (Fsp3) is 0.438. The fourth-order valence-corrected chi connectivity index (χ4v) is 2.92. The fourth-order valence-electron chi connectivity index (χ4n) is 2.92. The lowest BCUT2D eigenvalue weighted by atomic mass is 10.1. The maximum Gasteiger partial charge on any atom is 0.255 e. The van der Waals surface area contributed by atoms with E-state index >= 15 is 0 Å². The molecule has 0 radical (unpaired) electrons. The molecular weight excluding hydrogens is 322 g/mol. The monoisotopic (exact) mass is 341 g/mol. The molecule has 2 N–H and O–H groups in total. The summed E-state index contributed by atoms with van der Waals surface area (Å²) in [7, 11) is 0. The minimum absolute atomic E-state index is 0.0745. The van der Waals surface area contributed by atoms with E-state index in [0.29, 0.717) is 36.7 Å². The standard InChI is InChI=1S/C16H19N7O2/c1-3-13-18-15(22-20-13)12-8-23(4-5-25-12)16(24)10-6-11-9(2)19-21-14(11)17-7-10/h6-7,12H,3-5,8H2,1-2H3,(H,17,19,21)(H,18,20,22). The Bertz CT molecular complexity index is 916. The van der Waals surface area contributed by atoms with Gasteiger partial charge in [0.2, 0.25) is 0 Å². The summed E-state index contributed by atoms with van der Waals surface area (Å²) < 4.78 is 5.75. The van der Waals surface area contributed by atoms with Crippen LogP contribution in [0.25, 0.3) is 11.0 Å². The average Bonchev–Trinajstić information content (AvgIpc) is 3.28. The van der Waals surface area contributed by atoms with Gasteiger partial charge in [0.15, 0.2) is 11.5 Å². The Kier molecular flexibility index (Phi) is 3.92. The van der Waals surface area contributed by atoms with Gasteiger partial charge in [-0.05, 0) is 13.0 Å². The summed E-state index contributed by atoms with van der Waals surface area (Å²) in [5.74, 6) is 1.33. The third-order valence-corrected chi connectivity index (χ3v) is 4.37. The van der Waals surface area contributed by atoms with Crippen molar-refractivity contribution in [1.29, 1.82) is 0 Å². The molecule has 1 saturated heterocycles. The van der Waals surface area contributed by atoms with Crippen LogP contribution in [0, 0.1) is 6.92 Å². The van der Waals surface area contributed by atoms with Gasteiger partial charge in [0, 0.05) is 30.2 Å². The van der Waals surface area contributed by atoms with E-state index in [1.54, 1.807) is 11.1 Å². The van der Waals surface area contributed by atoms with Gasteiger partial charge in [-0.2, -0.15) is 10.2 Å². The van der Waals surface area contributed by atoms with E-state index in [9.17, 15) is 4.79 Å². The molecule has 9 nitrogen and oxygen atoms in total. The van der Waals surface area contributed by atoms with Crippen LogP contribution in [-0.2, 0) is 11.2 Å². The first-order valence-electron chi connectivity index (χ1n) is 8.28. The summed E-state index contributed by atoms with van der Waals surface area (Å²) in [6.07, 6.45) is 2.02. The van der Waals surface area contributed by atoms with Gasteiger partial charge in [-0.25, -0.2) is 9.97 Å². The van der Waals surface area contributed by atoms with Crippen LogP contribution in [0.4, 0.5) is 0 Å². The molecule has 3 aromatic rings. The van der Waals surface area contributed by atoms with Crippen LogP contribution < -0.4 is 0 Å². The second kappa shape index (κ2) is 6.25. The summed E-state index contributed by atoms with van der Waals surface area (Å²) in [5, 5.41) is 14.9. The van der Waals surface area contributed by atoms with Crippen molar-refractivity contribution < 1.29 is 9.53 Å². The number of morpholine rings is 1. The predicted molar refractivity (Wildman–Crippen MR) is 89.0 cm³/mol. The van der Waals surface area contributed by atoms with E-state index in [1.165, 1.54) is 0 Å². The van der Waals surface area contributed by atoms with E-state index in [2.05, 4.69) is 30.4 Å². The van der Waals surface area contributed by atoms with E-state index in [1.807, 2.05) is 19.9 Å². The second-order valence-corrected chi connectivity index (χ2v) is 6.05. The number of H-pyrrole nitrogens is 2. The maximum absolute atomic E-state index is 12.9. The number of aromatic amines is 2. The zero-order chi connectivity index (χ0) is 17.4. The Morgan fingerprint density at radius 1 is 1.40 bits per heavy atom. The van der Waals surface area contributed by atoms with Gasteiger partial charge in [-0.15, -0.1) is 0 Å². The summed E-state index contributed by atoms with van der Waals surface area (Å²) >= 11 is 0. The first-order valence-corrected chi connectivity index (χ1v) is 8.28. The molecular formula is C16H19N7O2. The van der Waals surface area contributed by atoms with Crippen LogP contribution in [0.5, 0.6) is 0 Å². The van der Waals surface area contributed by atoms with Gasteiger partial charge >= 0.3 is 0 Å². The molecule has 4 heterocycles. The molecule has 1 amide bonds. The Labute approximate surface area is 143 Å². The maximum atomic E-state index is 12.9. The lowest BCUT2D eigenvalue weighted by molar-refractivity contribution is -0.0266. The Hall–Kier alpha value is -2.81. The van der Waals surface area contributed by atoms with Crippen molar-refractivity contribution in [3.8, 4) is 0 Å². The number of nitrogens with zero attached hydrogens (tertiary/aromatic N) is 5. The van der Waals surface area contributed by atoms with Crippen LogP contribution in [-0.4, -0.2) is 60.9 Å². The number of fused-ring (bicyclic) bond motifs is 1. The van der Waals surface area contributed by atoms with Gasteiger partial charge in [-0.3, -0.25) is 15.0 Å². The highest BCUT2D eigenvalue weighted by molar-refractivity contribution is 5.97. The van der Waals surface area contributed by atoms with Crippen LogP contribution in [0.1, 0.15) is 40.7 Å². The van der Waals surface area contributed by atoms with E-state index in [-0.39, 0.29) is 12.0 Å². The summed E-state index contributed by atoms with van der Waals surface area (Å²) in [5.41, 5.74) is 2.05. The summed E-state index contributed by atoms with van der Waals surface area (Å²) in [6.45, 7) is 5.31. The lowest BCUT2D eigenvalue weighted by Crippen LogP contribution is -2.42. The van der Waals surface area contributed by atoms with Crippen LogP contribution in [0.15, 0.2) is 12.3 Å². The minimum Gasteiger partial charge on any atom is -0.366 e. The van der Waals surface area contributed by atoms with Crippen molar-refractivity contribution >= 4 is 16.9 Å². The first-order chi connectivity index (χ1) is 12.2. The Morgan fingerprint density at radius 3 is 3.08 bits per heavy atom. The van der Waals surface area contributed by atoms with Crippen LogP contribution in [0.3, 0.4) is 0 Å². The second-order valence-electron chi connectivity index (χ2n) is 6.05. The highest BCUT2D eigenvalue weighted by atomic mass is 16.5. The molecule has 1 fully saturated rings. The third kappa shape index (κ3) is 2.86. The van der Waals surface area contributed by atoms with Crippen LogP contribution >= 0.6 is 0 Å². The summed E-state index contributed by atoms with van der Waals surface area (Å²) in [4.78, 5) is 23.3. The van der Waals surface area contributed by atoms with E-state index in [4.69, 9.17) is 4.74 Å². The molecule has 1 aliphatic rings. The molecule has 130 valence electrons. The predicted octanol–water partition coefficient (Wildman–Crippen LogP) is 1.16. The Morgan fingerprint density at radius 2 is 2.28 bits per heavy atom. The molecule has 0 aliphatic carbocycles. The van der Waals surface area contributed by atoms with Crippen molar-refractivity contribution in [3.63, 3.8) is 0 Å². The number of aromatic nitrogens is 6. The number of carbonyl (C=O) groups excluding carboxylic acids is 1. The number of ether oxygens (including phenoxy) is 1. The van der Waals surface area contributed by atoms with Crippen molar-refractivity contribution in [2.75, 3.05) is 19.7 Å². The molecule has 3 aromatic heterocycles. The minimum atomic E-state index is -0.318. The quantitative estimate of drug-likeness (QED) is 0.739. The number of hydrogen-bond donors (Lipinski definition) is 2. The number of amides is 1. The van der Waals surface area contributed by atoms with Crippen molar-refractivity contribution in [3.05, 3.63) is 35.2 Å². The van der Waals surface area contributed by atoms with Gasteiger partial charge < -0.3 is 9.64 Å². The molecule has 4 rings (SSSR count). The molecule has 9 heteroatoms. The molecule has 1 atom stereocenters. The van der Waals surface area contributed by atoms with Crippen molar-refractivity contribution in [2.45, 2.75) is 26.4 Å². The lowest BCUT2D eigenvalue weighted by Gasteiger charge is -2.31. The smallest absolute Gasteiger partial charge is 0.255 e. The molecule has 0 bridgehead atoms. The topological polar surface area (TPSA) is 113 Å². The van der Waals surface area contributed by atoms with E-state index < -0.39 is 0 Å².